The monoisotopic (exact) mass is 1190 g/mol. The van der Waals surface area contributed by atoms with E-state index in [0.717, 1.165) is 11.4 Å². The zero-order valence-electron chi connectivity index (χ0n) is 53.2. The summed E-state index contributed by atoms with van der Waals surface area (Å²) in [5.74, 6) is 0. The Labute approximate surface area is 538 Å². The molecule has 4 aliphatic rings. The average Bonchev–Trinajstić information content (AvgIpc) is 0.975. The molecular formula is C85H71BN2S2. The van der Waals surface area contributed by atoms with Gasteiger partial charge in [0.15, 0.2) is 0 Å². The molecule has 0 radical (unpaired) electrons. The Hall–Kier alpha value is -9.00. The van der Waals surface area contributed by atoms with Crippen molar-refractivity contribution in [2.45, 2.75) is 97.8 Å². The van der Waals surface area contributed by atoms with E-state index in [9.17, 15) is 0 Å². The van der Waals surface area contributed by atoms with E-state index in [2.05, 4.69) is 315 Å². The van der Waals surface area contributed by atoms with Gasteiger partial charge in [0.05, 0.1) is 0 Å². The number of rotatable bonds is 6. The standard InChI is InChI=1S/C85H71BN2S2/c1-50-36-77-81-78(37-50)88(60-41-54(39-56(43-60)68-49-90-80-27-19-15-23-66(68)80)52-29-33-64-62-21-13-17-25-70(62)85(10,11)72(64)45-52)76-35-31-58(83(5,6)7)47-74(76)86(81)73-46-57(82(2,3)4)30-34-75(73)87(77)59-40-53(38-55(42-59)67-48-89-79-26-18-14-22-65(67)79)51-28-32-63-61-20-12-16-24-69(61)84(8,9)71(63)44-51/h12-49H,1-11H3. The topological polar surface area (TPSA) is 6.48 Å². The lowest BCUT2D eigenvalue weighted by Gasteiger charge is -2.45. The molecule has 13 aromatic rings. The van der Waals surface area contributed by atoms with Crippen molar-refractivity contribution >= 4 is 100 Å². The van der Waals surface area contributed by atoms with E-state index < -0.39 is 0 Å². The van der Waals surface area contributed by atoms with Crippen LogP contribution in [0.5, 0.6) is 0 Å². The molecule has 0 saturated carbocycles. The summed E-state index contributed by atoms with van der Waals surface area (Å²) in [6.07, 6.45) is 0. The molecule has 0 fully saturated rings. The van der Waals surface area contributed by atoms with Crippen LogP contribution in [0.3, 0.4) is 0 Å². The van der Waals surface area contributed by atoms with Gasteiger partial charge in [-0.05, 0) is 224 Å². The van der Waals surface area contributed by atoms with Crippen LogP contribution < -0.4 is 26.2 Å². The first-order chi connectivity index (χ1) is 43.3. The second-order valence-corrected chi connectivity index (χ2v) is 30.9. The minimum atomic E-state index is -0.143. The number of aryl methyl sites for hydroxylation is 1. The van der Waals surface area contributed by atoms with Gasteiger partial charge in [-0.1, -0.05) is 203 Å². The quantitative estimate of drug-likeness (QED) is 0.153. The van der Waals surface area contributed by atoms with Crippen LogP contribution in [0.1, 0.15) is 108 Å². The van der Waals surface area contributed by atoms with Crippen molar-refractivity contribution in [1.29, 1.82) is 0 Å². The molecule has 5 heteroatoms. The van der Waals surface area contributed by atoms with E-state index in [-0.39, 0.29) is 28.4 Å². The number of fused-ring (bicyclic) bond motifs is 12. The zero-order valence-corrected chi connectivity index (χ0v) is 54.9. The molecule has 4 heterocycles. The van der Waals surface area contributed by atoms with Gasteiger partial charge in [0, 0.05) is 76.3 Å². The summed E-state index contributed by atoms with van der Waals surface area (Å²) in [6.45, 7) is 26.0. The summed E-state index contributed by atoms with van der Waals surface area (Å²) >= 11 is 3.67. The fourth-order valence-electron chi connectivity index (χ4n) is 15.9. The maximum Gasteiger partial charge on any atom is 0.252 e. The summed E-state index contributed by atoms with van der Waals surface area (Å²) in [5, 5.41) is 7.33. The number of hydrogen-bond acceptors (Lipinski definition) is 4. The minimum absolute atomic E-state index is 0.0641. The number of nitrogens with zero attached hydrogens (tertiary/aromatic N) is 2. The number of hydrogen-bond donors (Lipinski definition) is 0. The molecular weight excluding hydrogens is 1120 g/mol. The molecule has 2 aromatic heterocycles. The van der Waals surface area contributed by atoms with E-state index in [0.29, 0.717) is 0 Å². The van der Waals surface area contributed by atoms with Crippen LogP contribution in [0.15, 0.2) is 229 Å². The van der Waals surface area contributed by atoms with Crippen molar-refractivity contribution in [1.82, 2.24) is 0 Å². The van der Waals surface area contributed by atoms with Crippen LogP contribution in [0.2, 0.25) is 0 Å². The normalized spacial score (nSPS) is 14.7. The van der Waals surface area contributed by atoms with Gasteiger partial charge in [-0.15, -0.1) is 22.7 Å². The molecule has 0 bridgehead atoms. The second-order valence-electron chi connectivity index (χ2n) is 29.1. The van der Waals surface area contributed by atoms with Crippen LogP contribution in [-0.2, 0) is 21.7 Å². The van der Waals surface area contributed by atoms with Crippen LogP contribution in [-0.4, -0.2) is 6.71 Å². The summed E-state index contributed by atoms with van der Waals surface area (Å²) in [4.78, 5) is 5.30. The minimum Gasteiger partial charge on any atom is -0.311 e. The first kappa shape index (κ1) is 55.1. The van der Waals surface area contributed by atoms with Gasteiger partial charge >= 0.3 is 0 Å². The SMILES string of the molecule is Cc1cc2c3c(c1)N(c1cc(-c4ccc5c(c4)C(C)(C)c4ccccc4-5)cc(-c4csc5ccccc45)c1)c1ccc(C(C)(C)C)cc1B3c1cc(C(C)(C)C)ccc1N2c1cc(-c2ccc3c(c2)C(C)(C)c2ccccc2-3)cc(-c2csc3ccccc23)c1. The lowest BCUT2D eigenvalue weighted by atomic mass is 9.33. The first-order valence-corrected chi connectivity index (χ1v) is 33.8. The Balaban J connectivity index is 0.934. The third-order valence-electron chi connectivity index (χ3n) is 20.7. The predicted molar refractivity (Wildman–Crippen MR) is 390 cm³/mol. The van der Waals surface area contributed by atoms with Crippen molar-refractivity contribution in [2.24, 2.45) is 0 Å². The Morgan fingerprint density at radius 3 is 1.19 bits per heavy atom. The van der Waals surface area contributed by atoms with Gasteiger partial charge in [0.2, 0.25) is 0 Å². The molecule has 2 aliphatic carbocycles. The van der Waals surface area contributed by atoms with Gasteiger partial charge in [-0.25, -0.2) is 0 Å². The molecule has 0 saturated heterocycles. The molecule has 0 amide bonds. The molecule has 0 atom stereocenters. The summed E-state index contributed by atoms with van der Waals surface area (Å²) in [5.41, 5.74) is 35.2. The first-order valence-electron chi connectivity index (χ1n) is 32.0. The van der Waals surface area contributed by atoms with E-state index in [4.69, 9.17) is 0 Å². The lowest BCUT2D eigenvalue weighted by molar-refractivity contribution is 0.590. The molecule has 0 N–H and O–H groups in total. The van der Waals surface area contributed by atoms with Crippen molar-refractivity contribution in [3.63, 3.8) is 0 Å². The summed E-state index contributed by atoms with van der Waals surface area (Å²) < 4.78 is 2.59. The highest BCUT2D eigenvalue weighted by Gasteiger charge is 2.45. The van der Waals surface area contributed by atoms with Gasteiger partial charge in [0.1, 0.15) is 0 Å². The third-order valence-corrected chi connectivity index (χ3v) is 22.6. The molecule has 2 nitrogen and oxygen atoms in total. The fraction of sp³-hybridized carbons (Fsp3) is 0.176. The summed E-state index contributed by atoms with van der Waals surface area (Å²) in [7, 11) is 0. The molecule has 0 unspecified atom stereocenters. The molecule has 90 heavy (non-hydrogen) atoms. The number of anilines is 6. The van der Waals surface area contributed by atoms with Crippen LogP contribution in [0.25, 0.3) is 86.9 Å². The fourth-order valence-corrected chi connectivity index (χ4v) is 17.9. The molecule has 11 aromatic carbocycles. The molecule has 0 spiro atoms. The summed E-state index contributed by atoms with van der Waals surface area (Å²) in [6, 6.07) is 85.2. The Morgan fingerprint density at radius 2 is 0.744 bits per heavy atom. The molecule has 17 rings (SSSR count). The van der Waals surface area contributed by atoms with Gasteiger partial charge < -0.3 is 9.80 Å². The Kier molecular flexibility index (Phi) is 11.9. The lowest BCUT2D eigenvalue weighted by Crippen LogP contribution is -2.61. The van der Waals surface area contributed by atoms with Crippen LogP contribution in [0, 0.1) is 6.92 Å². The van der Waals surface area contributed by atoms with Gasteiger partial charge in [-0.2, -0.15) is 0 Å². The Morgan fingerprint density at radius 1 is 0.344 bits per heavy atom. The van der Waals surface area contributed by atoms with E-state index in [1.165, 1.54) is 165 Å². The van der Waals surface area contributed by atoms with Crippen molar-refractivity contribution in [3.8, 4) is 66.8 Å². The van der Waals surface area contributed by atoms with Crippen LogP contribution in [0.4, 0.5) is 34.1 Å². The second kappa shape index (κ2) is 19.5. The third kappa shape index (κ3) is 8.28. The van der Waals surface area contributed by atoms with Gasteiger partial charge in [0.25, 0.3) is 6.71 Å². The number of thiophene rings is 2. The van der Waals surface area contributed by atoms with Crippen molar-refractivity contribution in [2.75, 3.05) is 9.80 Å². The predicted octanol–water partition coefficient (Wildman–Crippen LogP) is 22.4. The maximum atomic E-state index is 2.65. The largest absolute Gasteiger partial charge is 0.311 e. The average molecular weight is 1200 g/mol. The molecule has 436 valence electrons. The smallest absolute Gasteiger partial charge is 0.252 e. The zero-order chi connectivity index (χ0) is 61.5. The van der Waals surface area contributed by atoms with Gasteiger partial charge in [-0.3, -0.25) is 0 Å². The Bertz CT molecular complexity index is 4890. The molecule has 2 aliphatic heterocycles. The highest BCUT2D eigenvalue weighted by Crippen LogP contribution is 2.54. The van der Waals surface area contributed by atoms with E-state index in [1.54, 1.807) is 0 Å². The highest BCUT2D eigenvalue weighted by molar-refractivity contribution is 7.18. The number of benzene rings is 11. The van der Waals surface area contributed by atoms with Crippen molar-refractivity contribution < 1.29 is 0 Å². The van der Waals surface area contributed by atoms with Crippen LogP contribution >= 0.6 is 22.7 Å². The van der Waals surface area contributed by atoms with E-state index >= 15 is 0 Å². The van der Waals surface area contributed by atoms with E-state index in [1.807, 2.05) is 22.7 Å². The highest BCUT2D eigenvalue weighted by atomic mass is 32.1. The van der Waals surface area contributed by atoms with Crippen molar-refractivity contribution in [3.05, 3.63) is 268 Å². The maximum absolute atomic E-state index is 2.65.